The van der Waals surface area contributed by atoms with Gasteiger partial charge >= 0.3 is 0 Å². The Balaban J connectivity index is 2.27. The highest BCUT2D eigenvalue weighted by molar-refractivity contribution is 7.91. The Morgan fingerprint density at radius 1 is 1.50 bits per heavy atom. The molecule has 1 atom stereocenters. The zero-order valence-corrected chi connectivity index (χ0v) is 13.7. The third kappa shape index (κ3) is 3.59. The molecule has 0 radical (unpaired) electrons. The predicted octanol–water partition coefficient (Wildman–Crippen LogP) is 1.66. The van der Waals surface area contributed by atoms with E-state index in [1.54, 1.807) is 6.07 Å². The second-order valence-electron chi connectivity index (χ2n) is 5.19. The van der Waals surface area contributed by atoms with Crippen LogP contribution in [0.2, 0.25) is 0 Å². The summed E-state index contributed by atoms with van der Waals surface area (Å²) in [4.78, 5) is 3.52. The van der Waals surface area contributed by atoms with Gasteiger partial charge in [0.05, 0.1) is 0 Å². The molecular weight excluding hydrogens is 294 g/mol. The van der Waals surface area contributed by atoms with Gasteiger partial charge in [-0.05, 0) is 31.1 Å². The van der Waals surface area contributed by atoms with E-state index < -0.39 is 10.0 Å². The molecule has 0 saturated heterocycles. The average Bonchev–Trinajstić information content (AvgIpc) is 2.80. The van der Waals surface area contributed by atoms with Crippen molar-refractivity contribution in [2.75, 3.05) is 19.6 Å². The number of likely N-dealkylation sites (N-methyl/N-ethyl adjacent to an activating group) is 1. The smallest absolute Gasteiger partial charge is 0.247 e. The van der Waals surface area contributed by atoms with Crippen LogP contribution < -0.4 is 10.5 Å². The van der Waals surface area contributed by atoms with Crippen LogP contribution in [0.3, 0.4) is 0 Å². The molecule has 3 N–H and O–H groups in total. The maximum absolute atomic E-state index is 11.5. The number of nitrogens with zero attached hydrogens (tertiary/aromatic N) is 1. The monoisotopic (exact) mass is 317 g/mol. The van der Waals surface area contributed by atoms with Crippen molar-refractivity contribution in [3.8, 4) is 0 Å². The molecule has 0 bridgehead atoms. The molecule has 0 fully saturated rings. The summed E-state index contributed by atoms with van der Waals surface area (Å²) >= 11 is 1.31. The van der Waals surface area contributed by atoms with Crippen molar-refractivity contribution in [1.82, 2.24) is 10.2 Å². The number of fused-ring (bicyclic) bond motifs is 1. The van der Waals surface area contributed by atoms with Gasteiger partial charge in [0.25, 0.3) is 0 Å². The largest absolute Gasteiger partial charge is 0.309 e. The quantitative estimate of drug-likeness (QED) is 0.837. The molecule has 114 valence electrons. The SMILES string of the molecule is CCCCN1Cc2sc(S(N)(=O)=O)cc2[C@@H](NCC)C1. The second kappa shape index (κ2) is 6.53. The lowest BCUT2D eigenvalue weighted by atomic mass is 10.0. The van der Waals surface area contributed by atoms with E-state index in [4.69, 9.17) is 5.14 Å². The minimum absolute atomic E-state index is 0.201. The first kappa shape index (κ1) is 15.9. The Labute approximate surface area is 125 Å². The van der Waals surface area contributed by atoms with Gasteiger partial charge in [-0.15, -0.1) is 11.3 Å². The number of primary sulfonamides is 1. The fourth-order valence-electron chi connectivity index (χ4n) is 2.57. The third-order valence-electron chi connectivity index (χ3n) is 3.56. The minimum Gasteiger partial charge on any atom is -0.309 e. The van der Waals surface area contributed by atoms with Crippen LogP contribution in [0.1, 0.15) is 43.2 Å². The van der Waals surface area contributed by atoms with Crippen LogP contribution in [0, 0.1) is 0 Å². The van der Waals surface area contributed by atoms with E-state index in [0.717, 1.165) is 36.6 Å². The van der Waals surface area contributed by atoms with E-state index in [1.807, 2.05) is 0 Å². The molecular formula is C13H23N3O2S2. The van der Waals surface area contributed by atoms with Gasteiger partial charge in [-0.25, -0.2) is 13.6 Å². The summed E-state index contributed by atoms with van der Waals surface area (Å²) in [7, 11) is -3.60. The van der Waals surface area contributed by atoms with Gasteiger partial charge in [0.2, 0.25) is 10.0 Å². The van der Waals surface area contributed by atoms with Crippen molar-refractivity contribution in [3.05, 3.63) is 16.5 Å². The van der Waals surface area contributed by atoms with Gasteiger partial charge in [-0.3, -0.25) is 4.90 Å². The van der Waals surface area contributed by atoms with Crippen LogP contribution in [-0.4, -0.2) is 33.0 Å². The topological polar surface area (TPSA) is 75.4 Å². The van der Waals surface area contributed by atoms with Crippen LogP contribution in [0.5, 0.6) is 0 Å². The van der Waals surface area contributed by atoms with Gasteiger partial charge in [0, 0.05) is 24.0 Å². The van der Waals surface area contributed by atoms with Crippen LogP contribution in [0.25, 0.3) is 0 Å². The molecule has 5 nitrogen and oxygen atoms in total. The van der Waals surface area contributed by atoms with Crippen LogP contribution in [0.15, 0.2) is 10.3 Å². The number of unbranched alkanes of at least 4 members (excludes halogenated alkanes) is 1. The predicted molar refractivity (Wildman–Crippen MR) is 82.3 cm³/mol. The second-order valence-corrected chi connectivity index (χ2v) is 8.11. The molecule has 0 unspecified atom stereocenters. The number of hydrogen-bond acceptors (Lipinski definition) is 5. The van der Waals surface area contributed by atoms with Crippen molar-refractivity contribution < 1.29 is 8.42 Å². The number of hydrogen-bond donors (Lipinski definition) is 2. The Morgan fingerprint density at radius 2 is 2.25 bits per heavy atom. The molecule has 0 aromatic carbocycles. The van der Waals surface area contributed by atoms with Crippen molar-refractivity contribution >= 4 is 21.4 Å². The Kier molecular flexibility index (Phi) is 5.19. The van der Waals surface area contributed by atoms with Crippen molar-refractivity contribution in [2.24, 2.45) is 5.14 Å². The van der Waals surface area contributed by atoms with Crippen LogP contribution >= 0.6 is 11.3 Å². The molecule has 0 aliphatic carbocycles. The van der Waals surface area contributed by atoms with Gasteiger partial charge in [-0.1, -0.05) is 20.3 Å². The summed E-state index contributed by atoms with van der Waals surface area (Å²) in [5.41, 5.74) is 1.11. The first-order valence-corrected chi connectivity index (χ1v) is 9.43. The summed E-state index contributed by atoms with van der Waals surface area (Å²) in [6.07, 6.45) is 2.34. The van der Waals surface area contributed by atoms with Crippen molar-refractivity contribution in [1.29, 1.82) is 0 Å². The minimum atomic E-state index is -3.60. The lowest BCUT2D eigenvalue weighted by Crippen LogP contribution is -2.39. The molecule has 0 amide bonds. The van der Waals surface area contributed by atoms with E-state index in [2.05, 4.69) is 24.1 Å². The standard InChI is InChI=1S/C13H23N3O2S2/c1-3-5-6-16-8-11(15-4-2)10-7-13(20(14,17)18)19-12(10)9-16/h7,11,15H,3-6,8-9H2,1-2H3,(H2,14,17,18)/t11-/m0/s1. The van der Waals surface area contributed by atoms with Gasteiger partial charge < -0.3 is 5.32 Å². The fourth-order valence-corrected chi connectivity index (χ4v) is 4.63. The molecule has 20 heavy (non-hydrogen) atoms. The summed E-state index contributed by atoms with van der Waals surface area (Å²) < 4.78 is 23.3. The van der Waals surface area contributed by atoms with E-state index in [1.165, 1.54) is 24.2 Å². The molecule has 1 aliphatic heterocycles. The molecule has 2 heterocycles. The molecule has 0 spiro atoms. The lowest BCUT2D eigenvalue weighted by molar-refractivity contribution is 0.216. The number of thiophene rings is 1. The normalized spacial score (nSPS) is 20.1. The third-order valence-corrected chi connectivity index (χ3v) is 6.12. The zero-order valence-electron chi connectivity index (χ0n) is 12.1. The Morgan fingerprint density at radius 3 is 2.85 bits per heavy atom. The summed E-state index contributed by atoms with van der Waals surface area (Å²) in [5, 5.41) is 8.69. The number of nitrogens with two attached hydrogens (primary N) is 1. The van der Waals surface area contributed by atoms with Gasteiger partial charge in [0.1, 0.15) is 4.21 Å². The van der Waals surface area contributed by atoms with Crippen LogP contribution in [-0.2, 0) is 16.6 Å². The average molecular weight is 317 g/mol. The summed E-state index contributed by atoms with van der Waals surface area (Å²) in [6.45, 7) is 7.94. The number of rotatable bonds is 6. The van der Waals surface area contributed by atoms with Gasteiger partial charge in [0.15, 0.2) is 0 Å². The van der Waals surface area contributed by atoms with Crippen molar-refractivity contribution in [3.63, 3.8) is 0 Å². The van der Waals surface area contributed by atoms with Crippen LogP contribution in [0.4, 0.5) is 0 Å². The van der Waals surface area contributed by atoms with Crippen molar-refractivity contribution in [2.45, 2.75) is 43.5 Å². The lowest BCUT2D eigenvalue weighted by Gasteiger charge is -2.33. The highest BCUT2D eigenvalue weighted by Crippen LogP contribution is 2.35. The zero-order chi connectivity index (χ0) is 14.8. The van der Waals surface area contributed by atoms with Gasteiger partial charge in [-0.2, -0.15) is 0 Å². The molecule has 2 rings (SSSR count). The highest BCUT2D eigenvalue weighted by atomic mass is 32.2. The number of sulfonamides is 1. The highest BCUT2D eigenvalue weighted by Gasteiger charge is 2.28. The van der Waals surface area contributed by atoms with E-state index in [9.17, 15) is 8.42 Å². The Bertz CT molecular complexity index is 554. The maximum Gasteiger partial charge on any atom is 0.247 e. The number of nitrogens with one attached hydrogen (secondary N) is 1. The first-order chi connectivity index (χ1) is 9.45. The molecule has 1 aromatic rings. The first-order valence-electron chi connectivity index (χ1n) is 7.06. The van der Waals surface area contributed by atoms with E-state index >= 15 is 0 Å². The summed E-state index contributed by atoms with van der Waals surface area (Å²) in [6, 6.07) is 1.95. The fraction of sp³-hybridized carbons (Fsp3) is 0.692. The Hall–Kier alpha value is -0.470. The molecule has 1 aromatic heterocycles. The summed E-state index contributed by atoms with van der Waals surface area (Å²) in [5.74, 6) is 0. The molecule has 7 heteroatoms. The van der Waals surface area contributed by atoms with E-state index in [-0.39, 0.29) is 10.3 Å². The maximum atomic E-state index is 11.5. The van der Waals surface area contributed by atoms with E-state index in [0.29, 0.717) is 0 Å². The molecule has 0 saturated carbocycles. The molecule has 1 aliphatic rings.